The van der Waals surface area contributed by atoms with Gasteiger partial charge in [-0.1, -0.05) is 0 Å². The van der Waals surface area contributed by atoms with Crippen molar-refractivity contribution in [3.8, 4) is 0 Å². The minimum absolute atomic E-state index is 0.121. The Labute approximate surface area is 124 Å². The van der Waals surface area contributed by atoms with Crippen molar-refractivity contribution >= 4 is 11.9 Å². The van der Waals surface area contributed by atoms with E-state index >= 15 is 0 Å². The number of nitrogens with zero attached hydrogens (tertiary/aromatic N) is 2. The number of hydrogen-bond donors (Lipinski definition) is 0. The quantitative estimate of drug-likeness (QED) is 0.780. The third-order valence-corrected chi connectivity index (χ3v) is 3.32. The molecule has 1 aliphatic heterocycles. The second-order valence-corrected chi connectivity index (χ2v) is 4.99. The summed E-state index contributed by atoms with van der Waals surface area (Å²) in [6, 6.07) is 1.51. The Kier molecular flexibility index (Phi) is 5.27. The maximum Gasteiger partial charge on any atom is 0.307 e. The number of esters is 1. The van der Waals surface area contributed by atoms with Gasteiger partial charge in [-0.3, -0.25) is 14.6 Å². The summed E-state index contributed by atoms with van der Waals surface area (Å²) in [5.41, 5.74) is 1.46. The zero-order chi connectivity index (χ0) is 15.2. The van der Waals surface area contributed by atoms with Crippen molar-refractivity contribution in [1.82, 2.24) is 9.88 Å². The van der Waals surface area contributed by atoms with Gasteiger partial charge in [0.1, 0.15) is 0 Å². The van der Waals surface area contributed by atoms with Crippen LogP contribution < -0.4 is 0 Å². The van der Waals surface area contributed by atoms with Crippen LogP contribution in [-0.4, -0.2) is 54.2 Å². The molecule has 1 amide bonds. The average Bonchev–Trinajstić information content (AvgIpc) is 2.47. The van der Waals surface area contributed by atoms with E-state index < -0.39 is 0 Å². The Morgan fingerprint density at radius 2 is 2.29 bits per heavy atom. The number of ether oxygens (including phenoxy) is 2. The molecule has 2 heterocycles. The molecule has 0 aromatic carbocycles. The van der Waals surface area contributed by atoms with E-state index in [4.69, 9.17) is 9.47 Å². The predicted octanol–water partition coefficient (Wildman–Crippen LogP) is 1.18. The molecule has 0 radical (unpaired) electrons. The highest BCUT2D eigenvalue weighted by Gasteiger charge is 2.30. The standard InChI is InChI=1S/C15H20N2O4/c1-3-21-14(18)7-13-10-20-5-4-17(13)15(19)12-6-11(2)8-16-9-12/h6,8-9,13H,3-5,7,10H2,1-2H3/t13-/m1/s1. The van der Waals surface area contributed by atoms with Gasteiger partial charge in [-0.15, -0.1) is 0 Å². The van der Waals surface area contributed by atoms with Gasteiger partial charge >= 0.3 is 5.97 Å². The van der Waals surface area contributed by atoms with Crippen molar-refractivity contribution in [3.63, 3.8) is 0 Å². The molecule has 0 unspecified atom stereocenters. The Morgan fingerprint density at radius 1 is 1.48 bits per heavy atom. The van der Waals surface area contributed by atoms with E-state index in [2.05, 4.69) is 4.98 Å². The van der Waals surface area contributed by atoms with Crippen molar-refractivity contribution in [3.05, 3.63) is 29.6 Å². The summed E-state index contributed by atoms with van der Waals surface area (Å²) in [6.07, 6.45) is 3.40. The molecular weight excluding hydrogens is 272 g/mol. The van der Waals surface area contributed by atoms with Gasteiger partial charge in [0.15, 0.2) is 0 Å². The molecule has 1 aromatic heterocycles. The molecule has 1 aliphatic rings. The molecule has 114 valence electrons. The lowest BCUT2D eigenvalue weighted by molar-refractivity contribution is -0.145. The fraction of sp³-hybridized carbons (Fsp3) is 0.533. The van der Waals surface area contributed by atoms with Crippen LogP contribution in [0.2, 0.25) is 0 Å². The first-order valence-corrected chi connectivity index (χ1v) is 7.07. The van der Waals surface area contributed by atoms with E-state index in [9.17, 15) is 9.59 Å². The molecule has 2 rings (SSSR count). The van der Waals surface area contributed by atoms with Crippen molar-refractivity contribution in [2.24, 2.45) is 0 Å². The van der Waals surface area contributed by atoms with Crippen LogP contribution in [0, 0.1) is 6.92 Å². The van der Waals surface area contributed by atoms with Crippen LogP contribution in [0.25, 0.3) is 0 Å². The maximum absolute atomic E-state index is 12.6. The van der Waals surface area contributed by atoms with Gasteiger partial charge in [-0.25, -0.2) is 0 Å². The molecule has 6 heteroatoms. The SMILES string of the molecule is CCOC(=O)C[C@@H]1COCCN1C(=O)c1cncc(C)c1. The number of aryl methyl sites for hydroxylation is 1. The fourth-order valence-corrected chi connectivity index (χ4v) is 2.34. The van der Waals surface area contributed by atoms with E-state index in [1.807, 2.05) is 6.92 Å². The van der Waals surface area contributed by atoms with Crippen LogP contribution in [0.1, 0.15) is 29.3 Å². The van der Waals surface area contributed by atoms with Crippen LogP contribution in [0.3, 0.4) is 0 Å². The highest BCUT2D eigenvalue weighted by atomic mass is 16.5. The molecule has 0 spiro atoms. The number of carbonyl (C=O) groups excluding carboxylic acids is 2. The summed E-state index contributed by atoms with van der Waals surface area (Å²) < 4.78 is 10.3. The van der Waals surface area contributed by atoms with Gasteiger partial charge in [0, 0.05) is 18.9 Å². The van der Waals surface area contributed by atoms with Gasteiger partial charge < -0.3 is 14.4 Å². The fourth-order valence-electron chi connectivity index (χ4n) is 2.34. The molecule has 6 nitrogen and oxygen atoms in total. The normalized spacial score (nSPS) is 18.4. The van der Waals surface area contributed by atoms with Crippen LogP contribution in [-0.2, 0) is 14.3 Å². The van der Waals surface area contributed by atoms with Crippen LogP contribution in [0.5, 0.6) is 0 Å². The summed E-state index contributed by atoms with van der Waals surface area (Å²) in [4.78, 5) is 29.9. The molecule has 1 aromatic rings. The van der Waals surface area contributed by atoms with Gasteiger partial charge in [-0.05, 0) is 25.5 Å². The van der Waals surface area contributed by atoms with Gasteiger partial charge in [0.05, 0.1) is 37.8 Å². The Hall–Kier alpha value is -1.95. The summed E-state index contributed by atoms with van der Waals surface area (Å²) in [5.74, 6) is -0.433. The zero-order valence-corrected chi connectivity index (χ0v) is 12.4. The lowest BCUT2D eigenvalue weighted by atomic mass is 10.1. The van der Waals surface area contributed by atoms with E-state index in [1.165, 1.54) is 0 Å². The van der Waals surface area contributed by atoms with E-state index in [1.54, 1.807) is 30.3 Å². The lowest BCUT2D eigenvalue weighted by Crippen LogP contribution is -2.49. The minimum Gasteiger partial charge on any atom is -0.466 e. The second kappa shape index (κ2) is 7.17. The van der Waals surface area contributed by atoms with Crippen LogP contribution >= 0.6 is 0 Å². The number of amides is 1. The number of aromatic nitrogens is 1. The average molecular weight is 292 g/mol. The zero-order valence-electron chi connectivity index (χ0n) is 12.4. The molecule has 1 saturated heterocycles. The third kappa shape index (κ3) is 4.01. The summed E-state index contributed by atoms with van der Waals surface area (Å²) >= 11 is 0. The van der Waals surface area contributed by atoms with Crippen molar-refractivity contribution in [2.45, 2.75) is 26.3 Å². The van der Waals surface area contributed by atoms with Gasteiger partial charge in [-0.2, -0.15) is 0 Å². The molecule has 0 N–H and O–H groups in total. The predicted molar refractivity (Wildman–Crippen MR) is 75.9 cm³/mol. The second-order valence-electron chi connectivity index (χ2n) is 4.99. The number of pyridine rings is 1. The minimum atomic E-state index is -0.312. The Bertz CT molecular complexity index is 518. The monoisotopic (exact) mass is 292 g/mol. The molecule has 21 heavy (non-hydrogen) atoms. The summed E-state index contributed by atoms with van der Waals surface area (Å²) in [7, 11) is 0. The highest BCUT2D eigenvalue weighted by molar-refractivity contribution is 5.94. The van der Waals surface area contributed by atoms with Crippen LogP contribution in [0.15, 0.2) is 18.5 Å². The van der Waals surface area contributed by atoms with Crippen LogP contribution in [0.4, 0.5) is 0 Å². The number of carbonyl (C=O) groups is 2. The molecule has 1 atom stereocenters. The first-order valence-electron chi connectivity index (χ1n) is 7.07. The maximum atomic E-state index is 12.6. The smallest absolute Gasteiger partial charge is 0.307 e. The largest absolute Gasteiger partial charge is 0.466 e. The summed E-state index contributed by atoms with van der Waals surface area (Å²) in [5, 5.41) is 0. The Morgan fingerprint density at radius 3 is 3.00 bits per heavy atom. The number of morpholine rings is 1. The van der Waals surface area contributed by atoms with Gasteiger partial charge in [0.25, 0.3) is 5.91 Å². The Balaban J connectivity index is 2.10. The van der Waals surface area contributed by atoms with E-state index in [0.717, 1.165) is 5.56 Å². The lowest BCUT2D eigenvalue weighted by Gasteiger charge is -2.35. The molecule has 1 fully saturated rings. The first kappa shape index (κ1) is 15.4. The van der Waals surface area contributed by atoms with Gasteiger partial charge in [0.2, 0.25) is 0 Å². The molecule has 0 aliphatic carbocycles. The van der Waals surface area contributed by atoms with Crippen molar-refractivity contribution in [1.29, 1.82) is 0 Å². The molecular formula is C15H20N2O4. The molecule has 0 bridgehead atoms. The highest BCUT2D eigenvalue weighted by Crippen LogP contribution is 2.16. The molecule has 0 saturated carbocycles. The van der Waals surface area contributed by atoms with Crippen molar-refractivity contribution in [2.75, 3.05) is 26.4 Å². The van der Waals surface area contributed by atoms with Crippen molar-refractivity contribution < 1.29 is 19.1 Å². The first-order chi connectivity index (χ1) is 10.1. The van der Waals surface area contributed by atoms with E-state index in [0.29, 0.717) is 31.9 Å². The van der Waals surface area contributed by atoms with E-state index in [-0.39, 0.29) is 24.3 Å². The topological polar surface area (TPSA) is 68.7 Å². The number of hydrogen-bond acceptors (Lipinski definition) is 5. The number of rotatable bonds is 4. The third-order valence-electron chi connectivity index (χ3n) is 3.32. The summed E-state index contributed by atoms with van der Waals surface area (Å²) in [6.45, 7) is 5.28.